The van der Waals surface area contributed by atoms with E-state index in [-0.39, 0.29) is 0 Å². The maximum atomic E-state index is 7.67. The van der Waals surface area contributed by atoms with Gasteiger partial charge in [-0.3, -0.25) is 0 Å². The molecular weight excluding hydrogens is 356 g/mol. The van der Waals surface area contributed by atoms with Crippen LogP contribution in [0.5, 0.6) is 0 Å². The molecule has 144 valence electrons. The van der Waals surface area contributed by atoms with Crippen molar-refractivity contribution in [3.63, 3.8) is 0 Å². The van der Waals surface area contributed by atoms with Gasteiger partial charge in [-0.1, -0.05) is 18.2 Å². The summed E-state index contributed by atoms with van der Waals surface area (Å²) < 4.78 is 6.61. The number of hydrogen-bond acceptors (Lipinski definition) is 0. The standard InChI is InChI=1S/C25H26N4/c1-17(2)28-12-11-27(6)25(28)23-14-22(26-5)15-24(19(23)4)29-16-21-10-8-7-9-20(21)13-18(29)3/h7-17H,1-4,6H3/q+2. The van der Waals surface area contributed by atoms with E-state index in [1.807, 2.05) is 12.1 Å². The van der Waals surface area contributed by atoms with Gasteiger partial charge in [0.05, 0.1) is 25.2 Å². The Bertz CT molecular complexity index is 1270. The number of imidazole rings is 1. The van der Waals surface area contributed by atoms with Crippen LogP contribution in [0, 0.1) is 20.4 Å². The Labute approximate surface area is 172 Å². The van der Waals surface area contributed by atoms with Gasteiger partial charge in [-0.25, -0.2) is 14.0 Å². The smallest absolute Gasteiger partial charge is 0.238 e. The van der Waals surface area contributed by atoms with Crippen LogP contribution in [0.4, 0.5) is 5.69 Å². The average Bonchev–Trinajstić information content (AvgIpc) is 3.09. The number of rotatable bonds is 3. The predicted molar refractivity (Wildman–Crippen MR) is 116 cm³/mol. The van der Waals surface area contributed by atoms with Gasteiger partial charge in [0.25, 0.3) is 5.82 Å². The Morgan fingerprint density at radius 2 is 1.76 bits per heavy atom. The molecule has 0 saturated carbocycles. The van der Waals surface area contributed by atoms with Crippen molar-refractivity contribution in [3.05, 3.63) is 83.7 Å². The number of pyridine rings is 1. The van der Waals surface area contributed by atoms with E-state index in [0.29, 0.717) is 11.7 Å². The molecule has 0 amide bonds. The molecule has 4 rings (SSSR count). The van der Waals surface area contributed by atoms with E-state index in [0.717, 1.165) is 28.3 Å². The summed E-state index contributed by atoms with van der Waals surface area (Å²) in [4.78, 5) is 3.78. The van der Waals surface area contributed by atoms with Gasteiger partial charge >= 0.3 is 0 Å². The number of fused-ring (bicyclic) bond motifs is 1. The van der Waals surface area contributed by atoms with E-state index >= 15 is 0 Å². The molecule has 2 heterocycles. The van der Waals surface area contributed by atoms with Crippen molar-refractivity contribution in [2.45, 2.75) is 33.7 Å². The lowest BCUT2D eigenvalue weighted by Crippen LogP contribution is -2.35. The Kier molecular flexibility index (Phi) is 4.68. The summed E-state index contributed by atoms with van der Waals surface area (Å²) in [5.74, 6) is 1.11. The average molecular weight is 383 g/mol. The number of aromatic nitrogens is 3. The van der Waals surface area contributed by atoms with Crippen molar-refractivity contribution >= 4 is 16.5 Å². The highest BCUT2D eigenvalue weighted by Gasteiger charge is 2.26. The summed E-state index contributed by atoms with van der Waals surface area (Å²) in [5, 5.41) is 2.41. The summed E-state index contributed by atoms with van der Waals surface area (Å²) in [5.41, 5.74) is 5.10. The Morgan fingerprint density at radius 1 is 1.03 bits per heavy atom. The molecule has 0 radical (unpaired) electrons. The maximum absolute atomic E-state index is 7.67. The zero-order valence-electron chi connectivity index (χ0n) is 17.6. The van der Waals surface area contributed by atoms with Crippen LogP contribution >= 0.6 is 0 Å². The molecule has 0 bridgehead atoms. The fraction of sp³-hybridized carbons (Fsp3) is 0.240. The Balaban J connectivity index is 2.03. The van der Waals surface area contributed by atoms with Crippen molar-refractivity contribution < 1.29 is 9.13 Å². The largest absolute Gasteiger partial charge is 0.288 e. The van der Waals surface area contributed by atoms with Gasteiger partial charge in [0.2, 0.25) is 5.69 Å². The molecule has 4 nitrogen and oxygen atoms in total. The lowest BCUT2D eigenvalue weighted by atomic mass is 10.0. The van der Waals surface area contributed by atoms with Gasteiger partial charge in [0.1, 0.15) is 12.4 Å². The van der Waals surface area contributed by atoms with E-state index in [1.165, 1.54) is 10.8 Å². The van der Waals surface area contributed by atoms with Gasteiger partial charge in [0.15, 0.2) is 17.6 Å². The van der Waals surface area contributed by atoms with Crippen LogP contribution in [0.25, 0.3) is 32.7 Å². The molecule has 4 heteroatoms. The number of hydrogen-bond donors (Lipinski definition) is 0. The zero-order valence-corrected chi connectivity index (χ0v) is 17.6. The fourth-order valence-electron chi connectivity index (χ4n) is 4.03. The van der Waals surface area contributed by atoms with E-state index in [4.69, 9.17) is 6.57 Å². The van der Waals surface area contributed by atoms with Crippen LogP contribution in [0.1, 0.15) is 31.1 Å². The third kappa shape index (κ3) is 3.19. The molecule has 29 heavy (non-hydrogen) atoms. The first-order chi connectivity index (χ1) is 13.9. The summed E-state index contributed by atoms with van der Waals surface area (Å²) in [7, 11) is 2.06. The number of nitrogens with zero attached hydrogens (tertiary/aromatic N) is 4. The van der Waals surface area contributed by atoms with Crippen LogP contribution in [-0.2, 0) is 7.05 Å². The highest BCUT2D eigenvalue weighted by molar-refractivity contribution is 5.81. The van der Waals surface area contributed by atoms with Crippen molar-refractivity contribution in [2.24, 2.45) is 7.05 Å². The monoisotopic (exact) mass is 382 g/mol. The second-order valence-corrected chi connectivity index (χ2v) is 7.90. The van der Waals surface area contributed by atoms with E-state index < -0.39 is 0 Å². The first kappa shape index (κ1) is 18.9. The summed E-state index contributed by atoms with van der Waals surface area (Å²) in [6, 6.07) is 14.9. The molecular formula is C25H26N4+2. The van der Waals surface area contributed by atoms with Gasteiger partial charge in [-0.15, -0.1) is 0 Å². The topological polar surface area (TPSA) is 17.0 Å². The third-order valence-corrected chi connectivity index (χ3v) is 5.59. The Morgan fingerprint density at radius 3 is 2.45 bits per heavy atom. The van der Waals surface area contributed by atoms with Crippen molar-refractivity contribution in [1.29, 1.82) is 0 Å². The lowest BCUT2D eigenvalue weighted by molar-refractivity contribution is -0.659. The van der Waals surface area contributed by atoms with E-state index in [1.54, 1.807) is 0 Å². The maximum Gasteiger partial charge on any atom is 0.288 e. The minimum atomic E-state index is 0.334. The SMILES string of the molecule is [C-]#[N+]c1cc(-c2n(C(C)C)cc[n+]2C)c(C)c(-[n+]2cc3ccccc3cc2C)c1. The molecule has 0 N–H and O–H groups in total. The normalized spacial score (nSPS) is 11.2. The van der Waals surface area contributed by atoms with Gasteiger partial charge < -0.3 is 0 Å². The van der Waals surface area contributed by atoms with Crippen molar-refractivity contribution in [3.8, 4) is 17.1 Å². The highest BCUT2D eigenvalue weighted by atomic mass is 15.1. The molecule has 0 unspecified atom stereocenters. The minimum absolute atomic E-state index is 0.334. The summed E-state index contributed by atoms with van der Waals surface area (Å²) in [6.45, 7) is 16.3. The first-order valence-electron chi connectivity index (χ1n) is 9.91. The molecule has 0 aliphatic heterocycles. The Hall–Kier alpha value is -3.45. The fourth-order valence-corrected chi connectivity index (χ4v) is 4.03. The molecule has 0 saturated heterocycles. The minimum Gasteiger partial charge on any atom is -0.238 e. The summed E-state index contributed by atoms with van der Waals surface area (Å²) >= 11 is 0. The molecule has 0 spiro atoms. The molecule has 2 aromatic carbocycles. The van der Waals surface area contributed by atoms with E-state index in [2.05, 4.69) is 102 Å². The van der Waals surface area contributed by atoms with E-state index in [9.17, 15) is 0 Å². The number of benzene rings is 2. The molecule has 0 atom stereocenters. The highest BCUT2D eigenvalue weighted by Crippen LogP contribution is 2.31. The molecule has 0 fully saturated rings. The third-order valence-electron chi connectivity index (χ3n) is 5.59. The lowest BCUT2D eigenvalue weighted by Gasteiger charge is -2.11. The number of aryl methyl sites for hydroxylation is 2. The van der Waals surface area contributed by atoms with Crippen LogP contribution in [0.3, 0.4) is 0 Å². The summed E-state index contributed by atoms with van der Waals surface area (Å²) in [6.07, 6.45) is 6.36. The molecule has 0 aliphatic rings. The van der Waals surface area contributed by atoms with Crippen molar-refractivity contribution in [2.75, 3.05) is 0 Å². The van der Waals surface area contributed by atoms with Crippen LogP contribution in [-0.4, -0.2) is 4.57 Å². The van der Waals surface area contributed by atoms with Crippen LogP contribution < -0.4 is 9.13 Å². The van der Waals surface area contributed by atoms with Gasteiger partial charge in [-0.05, 0) is 38.3 Å². The van der Waals surface area contributed by atoms with Crippen LogP contribution in [0.15, 0.2) is 61.1 Å². The second-order valence-electron chi connectivity index (χ2n) is 7.90. The molecule has 2 aromatic heterocycles. The van der Waals surface area contributed by atoms with Crippen LogP contribution in [0.2, 0.25) is 0 Å². The quantitative estimate of drug-likeness (QED) is 0.344. The van der Waals surface area contributed by atoms with Gasteiger partial charge in [-0.2, -0.15) is 4.57 Å². The predicted octanol–water partition coefficient (Wildman–Crippen LogP) is 5.16. The van der Waals surface area contributed by atoms with Crippen molar-refractivity contribution in [1.82, 2.24) is 4.57 Å². The molecule has 0 aliphatic carbocycles. The molecule has 4 aromatic rings. The second kappa shape index (κ2) is 7.18. The van der Waals surface area contributed by atoms with Gasteiger partial charge in [0, 0.05) is 30.0 Å². The first-order valence-corrected chi connectivity index (χ1v) is 9.91. The zero-order chi connectivity index (χ0) is 20.7.